The molecule has 0 aliphatic heterocycles. The fraction of sp³-hybridized carbons (Fsp3) is 0.360. The van der Waals surface area contributed by atoms with Crippen LogP contribution < -0.4 is 15.8 Å². The number of hydrogen-bond donors (Lipinski definition) is 1. The molecule has 0 saturated carbocycles. The van der Waals surface area contributed by atoms with Gasteiger partial charge in [-0.3, -0.25) is 0 Å². The number of alkyl carbamates (subject to hydrolysis) is 1. The van der Waals surface area contributed by atoms with Crippen molar-refractivity contribution in [3.8, 4) is 0 Å². The highest BCUT2D eigenvalue weighted by atomic mass is 16.5. The van der Waals surface area contributed by atoms with Crippen LogP contribution in [0.2, 0.25) is 0 Å². The van der Waals surface area contributed by atoms with Crippen molar-refractivity contribution in [2.75, 3.05) is 31.1 Å². The maximum absolute atomic E-state index is 12.5. The normalized spacial score (nSPS) is 10.8. The standard InChI is InChI=1S/C25H30N2O4/c1-4-27(5-2)20-11-12-21-18(3)22(24(28)31-23(21)17-20)14-16-30-25(29)26-15-13-19-9-7-6-8-10-19/h6-12,17H,4-5,13-16H2,1-3H3,(H,26,29). The van der Waals surface area contributed by atoms with E-state index in [0.717, 1.165) is 41.7 Å². The van der Waals surface area contributed by atoms with Crippen LogP contribution in [0, 0.1) is 6.92 Å². The van der Waals surface area contributed by atoms with Gasteiger partial charge in [0, 0.05) is 48.8 Å². The number of amides is 1. The Hall–Kier alpha value is -3.28. The minimum absolute atomic E-state index is 0.117. The monoisotopic (exact) mass is 422 g/mol. The molecule has 3 aromatic rings. The molecule has 164 valence electrons. The van der Waals surface area contributed by atoms with Gasteiger partial charge in [0.15, 0.2) is 0 Å². The van der Waals surface area contributed by atoms with Gasteiger partial charge in [-0.15, -0.1) is 0 Å². The van der Waals surface area contributed by atoms with E-state index >= 15 is 0 Å². The molecule has 3 rings (SSSR count). The largest absolute Gasteiger partial charge is 0.449 e. The van der Waals surface area contributed by atoms with Gasteiger partial charge >= 0.3 is 11.7 Å². The zero-order valence-electron chi connectivity index (χ0n) is 18.4. The van der Waals surface area contributed by atoms with Crippen molar-refractivity contribution in [2.45, 2.75) is 33.6 Å². The SMILES string of the molecule is CCN(CC)c1ccc2c(C)c(CCOC(=O)NCCc3ccccc3)c(=O)oc2c1. The molecule has 31 heavy (non-hydrogen) atoms. The van der Waals surface area contributed by atoms with Crippen LogP contribution in [0.3, 0.4) is 0 Å². The molecule has 6 heteroatoms. The van der Waals surface area contributed by atoms with Crippen molar-refractivity contribution in [3.05, 3.63) is 75.6 Å². The van der Waals surface area contributed by atoms with Crippen LogP contribution in [0.5, 0.6) is 0 Å². The fourth-order valence-corrected chi connectivity index (χ4v) is 3.71. The van der Waals surface area contributed by atoms with E-state index in [2.05, 4.69) is 24.1 Å². The number of fused-ring (bicyclic) bond motifs is 1. The predicted octanol–water partition coefficient (Wildman–Crippen LogP) is 4.46. The number of carbonyl (C=O) groups excluding carboxylic acids is 1. The molecule has 0 fully saturated rings. The Kier molecular flexibility index (Phi) is 7.70. The Balaban J connectivity index is 1.59. The number of aryl methyl sites for hydroxylation is 1. The highest BCUT2D eigenvalue weighted by molar-refractivity contribution is 5.84. The summed E-state index contributed by atoms with van der Waals surface area (Å²) in [5.41, 5.74) is 3.79. The van der Waals surface area contributed by atoms with Crippen molar-refractivity contribution in [2.24, 2.45) is 0 Å². The average molecular weight is 423 g/mol. The lowest BCUT2D eigenvalue weighted by molar-refractivity contribution is 0.147. The molecular formula is C25H30N2O4. The highest BCUT2D eigenvalue weighted by Gasteiger charge is 2.14. The van der Waals surface area contributed by atoms with Crippen LogP contribution in [-0.4, -0.2) is 32.3 Å². The van der Waals surface area contributed by atoms with Gasteiger partial charge in [-0.2, -0.15) is 0 Å². The van der Waals surface area contributed by atoms with Crippen molar-refractivity contribution >= 4 is 22.7 Å². The van der Waals surface area contributed by atoms with Gasteiger partial charge in [0.25, 0.3) is 0 Å². The number of nitrogens with zero attached hydrogens (tertiary/aromatic N) is 1. The minimum Gasteiger partial charge on any atom is -0.449 e. The molecule has 1 aromatic heterocycles. The van der Waals surface area contributed by atoms with Crippen LogP contribution >= 0.6 is 0 Å². The zero-order chi connectivity index (χ0) is 22.2. The van der Waals surface area contributed by atoms with E-state index in [4.69, 9.17) is 9.15 Å². The van der Waals surface area contributed by atoms with Crippen molar-refractivity contribution in [3.63, 3.8) is 0 Å². The van der Waals surface area contributed by atoms with Gasteiger partial charge < -0.3 is 19.4 Å². The van der Waals surface area contributed by atoms with E-state index in [1.165, 1.54) is 0 Å². The number of rotatable bonds is 9. The molecule has 0 spiro atoms. The molecule has 2 aromatic carbocycles. The fourth-order valence-electron chi connectivity index (χ4n) is 3.71. The maximum Gasteiger partial charge on any atom is 0.407 e. The first-order valence-electron chi connectivity index (χ1n) is 10.8. The quantitative estimate of drug-likeness (QED) is 0.516. The summed E-state index contributed by atoms with van der Waals surface area (Å²) >= 11 is 0. The second-order valence-electron chi connectivity index (χ2n) is 7.39. The molecule has 0 unspecified atom stereocenters. The lowest BCUT2D eigenvalue weighted by Crippen LogP contribution is -2.27. The molecule has 0 saturated heterocycles. The topological polar surface area (TPSA) is 71.8 Å². The summed E-state index contributed by atoms with van der Waals surface area (Å²) in [6, 6.07) is 15.9. The van der Waals surface area contributed by atoms with Gasteiger partial charge in [0.1, 0.15) is 5.58 Å². The van der Waals surface area contributed by atoms with Crippen LogP contribution in [-0.2, 0) is 17.6 Å². The van der Waals surface area contributed by atoms with Crippen molar-refractivity contribution in [1.29, 1.82) is 0 Å². The van der Waals surface area contributed by atoms with Gasteiger partial charge in [0.2, 0.25) is 0 Å². The summed E-state index contributed by atoms with van der Waals surface area (Å²) in [5.74, 6) is 0. The Morgan fingerprint density at radius 3 is 2.52 bits per heavy atom. The molecule has 0 atom stereocenters. The summed E-state index contributed by atoms with van der Waals surface area (Å²) in [6.07, 6.45) is 0.565. The molecule has 1 N–H and O–H groups in total. The zero-order valence-corrected chi connectivity index (χ0v) is 18.4. The first-order chi connectivity index (χ1) is 15.0. The maximum atomic E-state index is 12.5. The van der Waals surface area contributed by atoms with Crippen LogP contribution in [0.1, 0.15) is 30.5 Å². The number of nitrogens with one attached hydrogen (secondary N) is 1. The number of carbonyl (C=O) groups is 1. The molecule has 1 heterocycles. The number of anilines is 1. The third-order valence-electron chi connectivity index (χ3n) is 5.51. The third-order valence-corrected chi connectivity index (χ3v) is 5.51. The molecule has 1 amide bonds. The molecular weight excluding hydrogens is 392 g/mol. The van der Waals surface area contributed by atoms with E-state index in [1.807, 2.05) is 55.5 Å². The third kappa shape index (κ3) is 5.66. The average Bonchev–Trinajstić information content (AvgIpc) is 2.77. The minimum atomic E-state index is -0.484. The van der Waals surface area contributed by atoms with Gasteiger partial charge in [-0.25, -0.2) is 9.59 Å². The van der Waals surface area contributed by atoms with Gasteiger partial charge in [-0.05, 0) is 50.5 Å². The molecule has 6 nitrogen and oxygen atoms in total. The van der Waals surface area contributed by atoms with Gasteiger partial charge in [0.05, 0.1) is 6.61 Å². The second-order valence-corrected chi connectivity index (χ2v) is 7.39. The van der Waals surface area contributed by atoms with Crippen LogP contribution in [0.25, 0.3) is 11.0 Å². The molecule has 0 aliphatic carbocycles. The number of ether oxygens (including phenoxy) is 1. The van der Waals surface area contributed by atoms with Crippen molar-refractivity contribution in [1.82, 2.24) is 5.32 Å². The summed E-state index contributed by atoms with van der Waals surface area (Å²) < 4.78 is 10.8. The Morgan fingerprint density at radius 1 is 1.06 bits per heavy atom. The molecule has 0 aliphatic rings. The lowest BCUT2D eigenvalue weighted by Gasteiger charge is -2.21. The smallest absolute Gasteiger partial charge is 0.407 e. The first kappa shape index (κ1) is 22.4. The summed E-state index contributed by atoms with van der Waals surface area (Å²) in [6.45, 7) is 8.47. The Bertz CT molecular complexity index is 1070. The predicted molar refractivity (Wildman–Crippen MR) is 124 cm³/mol. The summed E-state index contributed by atoms with van der Waals surface area (Å²) in [4.78, 5) is 26.7. The molecule has 0 bridgehead atoms. The van der Waals surface area contributed by atoms with E-state index < -0.39 is 6.09 Å². The number of benzene rings is 2. The summed E-state index contributed by atoms with van der Waals surface area (Å²) in [5, 5.41) is 3.64. The Labute approximate surface area is 182 Å². The first-order valence-corrected chi connectivity index (χ1v) is 10.8. The van der Waals surface area contributed by atoms with Gasteiger partial charge in [-0.1, -0.05) is 30.3 Å². The number of hydrogen-bond acceptors (Lipinski definition) is 5. The van der Waals surface area contributed by atoms with Crippen LogP contribution in [0.4, 0.5) is 10.5 Å². The highest BCUT2D eigenvalue weighted by Crippen LogP contribution is 2.25. The molecule has 0 radical (unpaired) electrons. The van der Waals surface area contributed by atoms with E-state index in [0.29, 0.717) is 24.1 Å². The Morgan fingerprint density at radius 2 is 1.81 bits per heavy atom. The van der Waals surface area contributed by atoms with Crippen molar-refractivity contribution < 1.29 is 13.9 Å². The lowest BCUT2D eigenvalue weighted by atomic mass is 10.0. The van der Waals surface area contributed by atoms with Crippen LogP contribution in [0.15, 0.2) is 57.7 Å². The van der Waals surface area contributed by atoms with E-state index in [-0.39, 0.29) is 12.2 Å². The second kappa shape index (κ2) is 10.7. The van der Waals surface area contributed by atoms with E-state index in [9.17, 15) is 9.59 Å². The summed E-state index contributed by atoms with van der Waals surface area (Å²) in [7, 11) is 0. The van der Waals surface area contributed by atoms with E-state index in [1.54, 1.807) is 0 Å².